The third-order valence-electron chi connectivity index (χ3n) is 5.24. The Bertz CT molecular complexity index is 862. The molecule has 0 spiro atoms. The molecule has 1 fully saturated rings. The summed E-state index contributed by atoms with van der Waals surface area (Å²) in [5.74, 6) is -2.80. The van der Waals surface area contributed by atoms with Gasteiger partial charge in [0.1, 0.15) is 17.4 Å². The van der Waals surface area contributed by atoms with Gasteiger partial charge in [-0.1, -0.05) is 25.0 Å². The molecule has 0 saturated heterocycles. The first-order valence-electron chi connectivity index (χ1n) is 9.12. The van der Waals surface area contributed by atoms with E-state index in [4.69, 9.17) is 4.74 Å². The Balaban J connectivity index is 1.66. The van der Waals surface area contributed by atoms with Crippen molar-refractivity contribution in [3.8, 4) is 5.75 Å². The predicted octanol–water partition coefficient (Wildman–Crippen LogP) is 3.54. The van der Waals surface area contributed by atoms with Crippen molar-refractivity contribution in [2.75, 3.05) is 19.0 Å². The zero-order valence-electron chi connectivity index (χ0n) is 15.6. The number of benzene rings is 2. The average Bonchev–Trinajstić information content (AvgIpc) is 3.18. The Kier molecular flexibility index (Phi) is 5.92. The van der Waals surface area contributed by atoms with Gasteiger partial charge in [-0.2, -0.15) is 0 Å². The lowest BCUT2D eigenvalue weighted by atomic mass is 9.78. The fraction of sp³-hybridized carbons (Fsp3) is 0.333. The number of hydrogen-bond acceptors (Lipinski definition) is 3. The van der Waals surface area contributed by atoms with Crippen molar-refractivity contribution in [2.24, 2.45) is 0 Å². The highest BCUT2D eigenvalue weighted by Gasteiger charge is 2.36. The van der Waals surface area contributed by atoms with E-state index in [1.807, 2.05) is 24.3 Å². The zero-order chi connectivity index (χ0) is 20.1. The molecule has 2 aromatic rings. The van der Waals surface area contributed by atoms with Gasteiger partial charge in [0.05, 0.1) is 12.8 Å². The van der Waals surface area contributed by atoms with Crippen molar-refractivity contribution in [1.29, 1.82) is 0 Å². The van der Waals surface area contributed by atoms with Crippen LogP contribution in [0.25, 0.3) is 0 Å². The molecule has 0 aliphatic heterocycles. The largest absolute Gasteiger partial charge is 0.497 e. The Morgan fingerprint density at radius 2 is 1.71 bits per heavy atom. The SMILES string of the molecule is COc1ccc(C2(CNC(=O)C(=O)Nc3ccc(F)cc3F)CCCC2)cc1. The summed E-state index contributed by atoms with van der Waals surface area (Å²) in [6.07, 6.45) is 3.87. The molecule has 0 bridgehead atoms. The molecule has 3 rings (SSSR count). The van der Waals surface area contributed by atoms with E-state index in [1.54, 1.807) is 7.11 Å². The fourth-order valence-corrected chi connectivity index (χ4v) is 3.66. The van der Waals surface area contributed by atoms with Crippen molar-refractivity contribution < 1.29 is 23.1 Å². The molecule has 0 aromatic heterocycles. The summed E-state index contributed by atoms with van der Waals surface area (Å²) in [7, 11) is 1.60. The Labute approximate surface area is 162 Å². The van der Waals surface area contributed by atoms with Crippen LogP contribution in [0, 0.1) is 11.6 Å². The molecule has 2 amide bonds. The fourth-order valence-electron chi connectivity index (χ4n) is 3.66. The standard InChI is InChI=1S/C21H22F2N2O3/c1-28-16-7-4-14(5-8-16)21(10-2-3-11-21)13-24-19(26)20(27)25-18-9-6-15(22)12-17(18)23/h4-9,12H,2-3,10-11,13H2,1H3,(H,24,26)(H,25,27). The highest BCUT2D eigenvalue weighted by atomic mass is 19.1. The molecule has 1 saturated carbocycles. The third-order valence-corrected chi connectivity index (χ3v) is 5.24. The van der Waals surface area contributed by atoms with Crippen LogP contribution in [0.2, 0.25) is 0 Å². The van der Waals surface area contributed by atoms with E-state index in [9.17, 15) is 18.4 Å². The van der Waals surface area contributed by atoms with Gasteiger partial charge < -0.3 is 15.4 Å². The van der Waals surface area contributed by atoms with Crippen LogP contribution in [-0.2, 0) is 15.0 Å². The summed E-state index contributed by atoms with van der Waals surface area (Å²) < 4.78 is 31.8. The Morgan fingerprint density at radius 3 is 2.32 bits per heavy atom. The van der Waals surface area contributed by atoms with Gasteiger partial charge in [0, 0.05) is 18.0 Å². The van der Waals surface area contributed by atoms with Crippen molar-refractivity contribution in [3.05, 3.63) is 59.7 Å². The van der Waals surface area contributed by atoms with Crippen LogP contribution in [0.15, 0.2) is 42.5 Å². The van der Waals surface area contributed by atoms with Gasteiger partial charge in [-0.3, -0.25) is 9.59 Å². The summed E-state index contributed by atoms with van der Waals surface area (Å²) in [6, 6.07) is 10.4. The van der Waals surface area contributed by atoms with Crippen LogP contribution in [-0.4, -0.2) is 25.5 Å². The van der Waals surface area contributed by atoms with E-state index in [-0.39, 0.29) is 11.1 Å². The molecule has 28 heavy (non-hydrogen) atoms. The molecule has 2 aromatic carbocycles. The third kappa shape index (κ3) is 4.30. The number of carbonyl (C=O) groups is 2. The molecular formula is C21H22F2N2O3. The Morgan fingerprint density at radius 1 is 1.04 bits per heavy atom. The molecule has 1 aliphatic rings. The first-order valence-corrected chi connectivity index (χ1v) is 9.12. The van der Waals surface area contributed by atoms with E-state index in [1.165, 1.54) is 0 Å². The number of amides is 2. The molecule has 2 N–H and O–H groups in total. The van der Waals surface area contributed by atoms with Crippen LogP contribution in [0.4, 0.5) is 14.5 Å². The second-order valence-corrected chi connectivity index (χ2v) is 6.98. The van der Waals surface area contributed by atoms with E-state index in [0.717, 1.165) is 49.1 Å². The number of carbonyl (C=O) groups excluding carboxylic acids is 2. The summed E-state index contributed by atoms with van der Waals surface area (Å²) in [4.78, 5) is 24.3. The quantitative estimate of drug-likeness (QED) is 0.770. The number of anilines is 1. The van der Waals surface area contributed by atoms with Crippen LogP contribution in [0.3, 0.4) is 0 Å². The van der Waals surface area contributed by atoms with E-state index < -0.39 is 23.4 Å². The molecule has 5 nitrogen and oxygen atoms in total. The summed E-state index contributed by atoms with van der Waals surface area (Å²) in [6.45, 7) is 0.303. The first-order chi connectivity index (χ1) is 13.4. The van der Waals surface area contributed by atoms with Gasteiger partial charge in [0.25, 0.3) is 0 Å². The summed E-state index contributed by atoms with van der Waals surface area (Å²) in [5.41, 5.74) is 0.590. The van der Waals surface area contributed by atoms with Crippen LogP contribution < -0.4 is 15.4 Å². The molecule has 0 unspecified atom stereocenters. The minimum absolute atomic E-state index is 0.243. The smallest absolute Gasteiger partial charge is 0.313 e. The van der Waals surface area contributed by atoms with E-state index >= 15 is 0 Å². The van der Waals surface area contributed by atoms with Crippen molar-refractivity contribution in [1.82, 2.24) is 5.32 Å². The number of hydrogen-bond donors (Lipinski definition) is 2. The number of rotatable bonds is 5. The molecule has 0 heterocycles. The summed E-state index contributed by atoms with van der Waals surface area (Å²) in [5, 5.41) is 4.84. The minimum atomic E-state index is -0.992. The second kappa shape index (κ2) is 8.37. The normalized spacial score (nSPS) is 15.1. The highest BCUT2D eigenvalue weighted by molar-refractivity contribution is 6.39. The molecule has 1 aliphatic carbocycles. The van der Waals surface area contributed by atoms with Crippen LogP contribution >= 0.6 is 0 Å². The van der Waals surface area contributed by atoms with Gasteiger partial charge in [-0.05, 0) is 42.7 Å². The Hall–Kier alpha value is -2.96. The monoisotopic (exact) mass is 388 g/mol. The van der Waals surface area contributed by atoms with Crippen LogP contribution in [0.1, 0.15) is 31.2 Å². The molecule has 0 radical (unpaired) electrons. The lowest BCUT2D eigenvalue weighted by Gasteiger charge is -2.30. The van der Waals surface area contributed by atoms with Crippen LogP contribution in [0.5, 0.6) is 5.75 Å². The molecular weight excluding hydrogens is 366 g/mol. The number of ether oxygens (including phenoxy) is 1. The van der Waals surface area contributed by atoms with Gasteiger partial charge >= 0.3 is 11.8 Å². The van der Waals surface area contributed by atoms with Gasteiger partial charge in [-0.15, -0.1) is 0 Å². The van der Waals surface area contributed by atoms with Gasteiger partial charge in [-0.25, -0.2) is 8.78 Å². The lowest BCUT2D eigenvalue weighted by Crippen LogP contribution is -2.43. The first kappa shape index (κ1) is 19.8. The highest BCUT2D eigenvalue weighted by Crippen LogP contribution is 2.41. The zero-order valence-corrected chi connectivity index (χ0v) is 15.6. The van der Waals surface area contributed by atoms with Crippen molar-refractivity contribution in [2.45, 2.75) is 31.1 Å². The van der Waals surface area contributed by atoms with E-state index in [0.29, 0.717) is 12.6 Å². The number of nitrogens with one attached hydrogen (secondary N) is 2. The summed E-state index contributed by atoms with van der Waals surface area (Å²) >= 11 is 0. The number of methoxy groups -OCH3 is 1. The maximum absolute atomic E-state index is 13.7. The second-order valence-electron chi connectivity index (χ2n) is 6.98. The molecule has 0 atom stereocenters. The minimum Gasteiger partial charge on any atom is -0.497 e. The predicted molar refractivity (Wildman–Crippen MR) is 101 cm³/mol. The number of halogens is 2. The maximum atomic E-state index is 13.7. The molecule has 148 valence electrons. The maximum Gasteiger partial charge on any atom is 0.313 e. The van der Waals surface area contributed by atoms with Gasteiger partial charge in [0.15, 0.2) is 0 Å². The topological polar surface area (TPSA) is 67.4 Å². The average molecular weight is 388 g/mol. The van der Waals surface area contributed by atoms with E-state index in [2.05, 4.69) is 10.6 Å². The van der Waals surface area contributed by atoms with Crippen molar-refractivity contribution >= 4 is 17.5 Å². The lowest BCUT2D eigenvalue weighted by molar-refractivity contribution is -0.136. The van der Waals surface area contributed by atoms with Crippen molar-refractivity contribution in [3.63, 3.8) is 0 Å². The van der Waals surface area contributed by atoms with Gasteiger partial charge in [0.2, 0.25) is 0 Å². The molecule has 7 heteroatoms.